The minimum Gasteiger partial charge on any atom is -0.369 e. The Morgan fingerprint density at radius 3 is 2.32 bits per heavy atom. The fourth-order valence-electron chi connectivity index (χ4n) is 3.50. The van der Waals surface area contributed by atoms with Crippen LogP contribution >= 0.6 is 0 Å². The standard InChI is InChI=1S/C18H19FN6/c19-14-1-3-15(4-2-14)23-7-9-24(10-8-23)16-12-25(13-16)18-17(11-20)21-5-6-22-18/h1-6,16H,7-10,12-13H2. The number of hydrogen-bond acceptors (Lipinski definition) is 6. The summed E-state index contributed by atoms with van der Waals surface area (Å²) in [6, 6.07) is 9.30. The highest BCUT2D eigenvalue weighted by molar-refractivity contribution is 5.52. The third kappa shape index (κ3) is 3.13. The summed E-state index contributed by atoms with van der Waals surface area (Å²) in [6.07, 6.45) is 3.18. The molecule has 3 heterocycles. The molecule has 1 aromatic carbocycles. The van der Waals surface area contributed by atoms with Crippen molar-refractivity contribution in [2.45, 2.75) is 6.04 Å². The zero-order chi connectivity index (χ0) is 17.2. The van der Waals surface area contributed by atoms with Crippen LogP contribution in [-0.2, 0) is 0 Å². The second-order valence-corrected chi connectivity index (χ2v) is 6.40. The van der Waals surface area contributed by atoms with Gasteiger partial charge < -0.3 is 9.80 Å². The number of aromatic nitrogens is 2. The summed E-state index contributed by atoms with van der Waals surface area (Å²) >= 11 is 0. The van der Waals surface area contributed by atoms with Gasteiger partial charge in [-0.25, -0.2) is 14.4 Å². The number of piperazine rings is 1. The number of nitriles is 1. The van der Waals surface area contributed by atoms with E-state index in [1.165, 1.54) is 12.1 Å². The largest absolute Gasteiger partial charge is 0.369 e. The number of rotatable bonds is 3. The summed E-state index contributed by atoms with van der Waals surface area (Å²) in [5.41, 5.74) is 1.47. The topological polar surface area (TPSA) is 59.3 Å². The van der Waals surface area contributed by atoms with Crippen molar-refractivity contribution < 1.29 is 4.39 Å². The van der Waals surface area contributed by atoms with Gasteiger partial charge in [-0.15, -0.1) is 0 Å². The minimum absolute atomic E-state index is 0.197. The van der Waals surface area contributed by atoms with Crippen LogP contribution in [0.1, 0.15) is 5.69 Å². The van der Waals surface area contributed by atoms with Gasteiger partial charge in [0.1, 0.15) is 11.9 Å². The van der Waals surface area contributed by atoms with E-state index < -0.39 is 0 Å². The Hall–Kier alpha value is -2.72. The molecule has 0 amide bonds. The number of benzene rings is 1. The minimum atomic E-state index is -0.197. The third-order valence-corrected chi connectivity index (χ3v) is 4.97. The average molecular weight is 338 g/mol. The molecule has 0 spiro atoms. The molecule has 0 atom stereocenters. The molecule has 2 aliphatic rings. The van der Waals surface area contributed by atoms with Gasteiger partial charge in [-0.1, -0.05) is 0 Å². The van der Waals surface area contributed by atoms with Gasteiger partial charge in [-0.05, 0) is 24.3 Å². The van der Waals surface area contributed by atoms with E-state index in [2.05, 4.69) is 30.7 Å². The predicted octanol–water partition coefficient (Wildman–Crippen LogP) is 1.50. The quantitative estimate of drug-likeness (QED) is 0.845. The molecule has 0 bridgehead atoms. The molecule has 0 unspecified atom stereocenters. The first-order chi connectivity index (χ1) is 12.2. The maximum atomic E-state index is 13.0. The van der Waals surface area contributed by atoms with E-state index in [0.29, 0.717) is 17.6 Å². The summed E-state index contributed by atoms with van der Waals surface area (Å²) < 4.78 is 13.0. The highest BCUT2D eigenvalue weighted by Gasteiger charge is 2.35. The smallest absolute Gasteiger partial charge is 0.183 e. The number of nitrogens with zero attached hydrogens (tertiary/aromatic N) is 6. The van der Waals surface area contributed by atoms with Crippen molar-refractivity contribution in [3.8, 4) is 6.07 Å². The van der Waals surface area contributed by atoms with Crippen LogP contribution in [0.2, 0.25) is 0 Å². The summed E-state index contributed by atoms with van der Waals surface area (Å²) in [4.78, 5) is 15.3. The van der Waals surface area contributed by atoms with Crippen molar-refractivity contribution in [1.29, 1.82) is 5.26 Å². The molecular weight excluding hydrogens is 319 g/mol. The van der Waals surface area contributed by atoms with Gasteiger partial charge in [0.05, 0.1) is 0 Å². The SMILES string of the molecule is N#Cc1nccnc1N1CC(N2CCN(c3ccc(F)cc3)CC2)C1. The highest BCUT2D eigenvalue weighted by atomic mass is 19.1. The first-order valence-corrected chi connectivity index (χ1v) is 8.45. The second-order valence-electron chi connectivity index (χ2n) is 6.40. The Kier molecular flexibility index (Phi) is 4.20. The number of halogens is 1. The zero-order valence-electron chi connectivity index (χ0n) is 13.8. The number of anilines is 2. The monoisotopic (exact) mass is 338 g/mol. The molecule has 7 heteroatoms. The molecule has 0 aliphatic carbocycles. The molecule has 2 saturated heterocycles. The molecule has 2 fully saturated rings. The Balaban J connectivity index is 1.31. The lowest BCUT2D eigenvalue weighted by Gasteiger charge is -2.48. The Labute approximate surface area is 146 Å². The normalized spacial score (nSPS) is 18.7. The molecule has 6 nitrogen and oxygen atoms in total. The predicted molar refractivity (Wildman–Crippen MR) is 92.9 cm³/mol. The van der Waals surface area contributed by atoms with E-state index in [1.54, 1.807) is 12.4 Å². The van der Waals surface area contributed by atoms with Crippen LogP contribution in [0.25, 0.3) is 0 Å². The highest BCUT2D eigenvalue weighted by Crippen LogP contribution is 2.25. The van der Waals surface area contributed by atoms with Gasteiger partial charge in [-0.2, -0.15) is 5.26 Å². The van der Waals surface area contributed by atoms with Crippen molar-refractivity contribution in [2.75, 3.05) is 49.1 Å². The van der Waals surface area contributed by atoms with Gasteiger partial charge in [0.2, 0.25) is 0 Å². The average Bonchev–Trinajstić information content (AvgIpc) is 2.62. The van der Waals surface area contributed by atoms with E-state index in [9.17, 15) is 4.39 Å². The lowest BCUT2D eigenvalue weighted by Crippen LogP contribution is -2.63. The van der Waals surface area contributed by atoms with Gasteiger partial charge in [0.15, 0.2) is 11.5 Å². The first kappa shape index (κ1) is 15.8. The Morgan fingerprint density at radius 1 is 0.960 bits per heavy atom. The van der Waals surface area contributed by atoms with E-state index in [4.69, 9.17) is 5.26 Å². The number of hydrogen-bond donors (Lipinski definition) is 0. The molecule has 1 aromatic heterocycles. The van der Waals surface area contributed by atoms with E-state index in [1.807, 2.05) is 12.1 Å². The summed E-state index contributed by atoms with van der Waals surface area (Å²) in [5, 5.41) is 9.14. The van der Waals surface area contributed by atoms with Crippen molar-refractivity contribution in [3.63, 3.8) is 0 Å². The second kappa shape index (κ2) is 6.65. The fourth-order valence-corrected chi connectivity index (χ4v) is 3.50. The van der Waals surface area contributed by atoms with Crippen molar-refractivity contribution >= 4 is 11.5 Å². The van der Waals surface area contributed by atoms with Crippen LogP contribution in [0.3, 0.4) is 0 Å². The van der Waals surface area contributed by atoms with Crippen LogP contribution in [0.15, 0.2) is 36.7 Å². The Morgan fingerprint density at radius 2 is 1.64 bits per heavy atom. The first-order valence-electron chi connectivity index (χ1n) is 8.45. The van der Waals surface area contributed by atoms with E-state index in [-0.39, 0.29) is 5.82 Å². The molecular formula is C18H19FN6. The molecule has 0 N–H and O–H groups in total. The molecule has 0 radical (unpaired) electrons. The van der Waals surface area contributed by atoms with Gasteiger partial charge in [-0.3, -0.25) is 4.90 Å². The van der Waals surface area contributed by atoms with Crippen molar-refractivity contribution in [2.24, 2.45) is 0 Å². The van der Waals surface area contributed by atoms with Crippen LogP contribution in [0, 0.1) is 17.1 Å². The lowest BCUT2D eigenvalue weighted by atomic mass is 10.1. The molecule has 25 heavy (non-hydrogen) atoms. The zero-order valence-corrected chi connectivity index (χ0v) is 13.8. The van der Waals surface area contributed by atoms with Gasteiger partial charge in [0, 0.05) is 63.4 Å². The van der Waals surface area contributed by atoms with Crippen LogP contribution < -0.4 is 9.80 Å². The molecule has 0 saturated carbocycles. The molecule has 2 aromatic rings. The van der Waals surface area contributed by atoms with Crippen LogP contribution in [0.4, 0.5) is 15.9 Å². The molecule has 2 aliphatic heterocycles. The maximum Gasteiger partial charge on any atom is 0.183 e. The Bertz CT molecular complexity index is 773. The lowest BCUT2D eigenvalue weighted by molar-refractivity contribution is 0.156. The summed E-state index contributed by atoms with van der Waals surface area (Å²) in [5.74, 6) is 0.490. The van der Waals surface area contributed by atoms with E-state index in [0.717, 1.165) is 45.0 Å². The van der Waals surface area contributed by atoms with E-state index >= 15 is 0 Å². The van der Waals surface area contributed by atoms with Crippen molar-refractivity contribution in [3.05, 3.63) is 48.2 Å². The van der Waals surface area contributed by atoms with Crippen LogP contribution in [0.5, 0.6) is 0 Å². The fraction of sp³-hybridized carbons (Fsp3) is 0.389. The molecule has 4 rings (SSSR count). The van der Waals surface area contributed by atoms with Crippen LogP contribution in [-0.4, -0.2) is 60.2 Å². The summed E-state index contributed by atoms with van der Waals surface area (Å²) in [6.45, 7) is 5.62. The van der Waals surface area contributed by atoms with Crippen molar-refractivity contribution in [1.82, 2.24) is 14.9 Å². The molecule has 128 valence electrons. The van der Waals surface area contributed by atoms with Gasteiger partial charge >= 0.3 is 0 Å². The maximum absolute atomic E-state index is 13.0. The third-order valence-electron chi connectivity index (χ3n) is 4.97. The summed E-state index contributed by atoms with van der Waals surface area (Å²) in [7, 11) is 0. The van der Waals surface area contributed by atoms with Gasteiger partial charge in [0.25, 0.3) is 0 Å².